The van der Waals surface area contributed by atoms with Crippen LogP contribution in [0.1, 0.15) is 11.1 Å². The topological polar surface area (TPSA) is 62.4 Å². The highest BCUT2D eigenvalue weighted by atomic mass is 15.2. The summed E-state index contributed by atoms with van der Waals surface area (Å²) in [4.78, 5) is 8.24. The number of nitrogens with zero attached hydrogens (tertiary/aromatic N) is 1. The Morgan fingerprint density at radius 1 is 0.545 bits per heavy atom. The number of aliphatic imine (C=N–C) groups is 1. The molecule has 0 radical (unpaired) electrons. The van der Waals surface area contributed by atoms with Crippen molar-refractivity contribution in [3.05, 3.63) is 120 Å². The van der Waals surface area contributed by atoms with Crippen LogP contribution in [-0.2, 0) is 0 Å². The molecule has 5 nitrogen and oxygen atoms in total. The van der Waals surface area contributed by atoms with Gasteiger partial charge >= 0.3 is 5.96 Å². The first-order valence-electron chi connectivity index (χ1n) is 10.9. The fourth-order valence-electron chi connectivity index (χ4n) is 3.15. The predicted molar refractivity (Wildman–Crippen MR) is 139 cm³/mol. The highest BCUT2D eigenvalue weighted by Gasteiger charge is 2.11. The van der Waals surface area contributed by atoms with E-state index >= 15 is 0 Å². The number of para-hydroxylation sites is 2. The number of benzene rings is 4. The standard InChI is InChI=1S/C28H27N5/c1-21-13-17-25(18-14-21)31-28(32-26-19-15-22(2)16-20-26)33-27(29-23-9-5-3-6-10-23)30-24-11-7-4-8-12-24/h3-20H,1-2H3,(H3,29,30,31,32,33)/p+1. The fraction of sp³-hybridized carbons (Fsp3) is 0.0714. The van der Waals surface area contributed by atoms with Gasteiger partial charge in [-0.05, 0) is 62.4 Å². The number of nitrogens with one attached hydrogen (secondary N) is 4. The Hall–Kier alpha value is -4.38. The normalized spacial score (nSPS) is 10.9. The van der Waals surface area contributed by atoms with Gasteiger partial charge in [-0.2, -0.15) is 0 Å². The maximum absolute atomic E-state index is 4.83. The second-order valence-electron chi connectivity index (χ2n) is 7.77. The zero-order chi connectivity index (χ0) is 22.9. The molecule has 164 valence electrons. The van der Waals surface area contributed by atoms with Crippen molar-refractivity contribution in [3.8, 4) is 0 Å². The van der Waals surface area contributed by atoms with Gasteiger partial charge in [0.05, 0.1) is 17.1 Å². The first-order valence-corrected chi connectivity index (χ1v) is 10.9. The Labute approximate surface area is 195 Å². The third-order valence-corrected chi connectivity index (χ3v) is 4.92. The predicted octanol–water partition coefficient (Wildman–Crippen LogP) is 5.06. The molecule has 4 N–H and O–H groups in total. The molecule has 5 heteroatoms. The van der Waals surface area contributed by atoms with Crippen LogP contribution in [-0.4, -0.2) is 11.9 Å². The van der Waals surface area contributed by atoms with E-state index in [1.807, 2.05) is 84.9 Å². The van der Waals surface area contributed by atoms with Crippen molar-refractivity contribution >= 4 is 34.7 Å². The van der Waals surface area contributed by atoms with Gasteiger partial charge in [-0.3, -0.25) is 16.0 Å². The van der Waals surface area contributed by atoms with Crippen LogP contribution < -0.4 is 20.9 Å². The molecule has 0 unspecified atom stereocenters. The summed E-state index contributed by atoms with van der Waals surface area (Å²) in [7, 11) is 0. The Balaban J connectivity index is 1.71. The molecule has 0 atom stereocenters. The number of guanidine groups is 2. The van der Waals surface area contributed by atoms with Crippen molar-refractivity contribution in [3.63, 3.8) is 0 Å². The quantitative estimate of drug-likeness (QED) is 0.268. The van der Waals surface area contributed by atoms with Gasteiger partial charge in [0.25, 0.3) is 5.96 Å². The lowest BCUT2D eigenvalue weighted by molar-refractivity contribution is -0.315. The van der Waals surface area contributed by atoms with E-state index in [4.69, 9.17) is 4.99 Å². The van der Waals surface area contributed by atoms with Gasteiger partial charge in [0.15, 0.2) is 0 Å². The van der Waals surface area contributed by atoms with E-state index in [0.29, 0.717) is 11.9 Å². The molecule has 0 amide bonds. The molecule has 0 saturated carbocycles. The summed E-state index contributed by atoms with van der Waals surface area (Å²) < 4.78 is 0. The molecule has 0 fully saturated rings. The zero-order valence-corrected chi connectivity index (χ0v) is 18.8. The molecule has 33 heavy (non-hydrogen) atoms. The van der Waals surface area contributed by atoms with Crippen molar-refractivity contribution in [2.24, 2.45) is 4.99 Å². The average Bonchev–Trinajstić information content (AvgIpc) is 2.83. The number of rotatable bonds is 4. The molecular weight excluding hydrogens is 406 g/mol. The molecule has 0 aliphatic heterocycles. The molecule has 0 spiro atoms. The van der Waals surface area contributed by atoms with Crippen molar-refractivity contribution in [1.82, 2.24) is 0 Å². The first kappa shape index (κ1) is 21.8. The highest BCUT2D eigenvalue weighted by molar-refractivity contribution is 6.03. The Morgan fingerprint density at radius 2 is 1.00 bits per heavy atom. The van der Waals surface area contributed by atoms with Crippen LogP contribution in [0.5, 0.6) is 0 Å². The molecule has 0 aromatic heterocycles. The maximum Gasteiger partial charge on any atom is 0.323 e. The van der Waals surface area contributed by atoms with E-state index < -0.39 is 0 Å². The number of anilines is 3. The lowest BCUT2D eigenvalue weighted by Crippen LogP contribution is -2.82. The Morgan fingerprint density at radius 3 is 1.52 bits per heavy atom. The van der Waals surface area contributed by atoms with Crippen LogP contribution in [0.25, 0.3) is 0 Å². The fourth-order valence-corrected chi connectivity index (χ4v) is 3.15. The SMILES string of the molecule is Cc1ccc(N=C(Nc2ccc(C)cc2)[NH+]=C(Nc2ccccc2)Nc2ccccc2)cc1. The summed E-state index contributed by atoms with van der Waals surface area (Å²) in [6.45, 7) is 4.14. The van der Waals surface area contributed by atoms with E-state index in [9.17, 15) is 0 Å². The summed E-state index contributed by atoms with van der Waals surface area (Å²) in [6, 6.07) is 36.3. The molecule has 0 heterocycles. The van der Waals surface area contributed by atoms with Crippen LogP contribution in [0.4, 0.5) is 22.7 Å². The minimum absolute atomic E-state index is 0.588. The van der Waals surface area contributed by atoms with E-state index in [2.05, 4.69) is 59.1 Å². The van der Waals surface area contributed by atoms with Crippen molar-refractivity contribution in [2.45, 2.75) is 13.8 Å². The van der Waals surface area contributed by atoms with Gasteiger partial charge in [-0.25, -0.2) is 4.99 Å². The van der Waals surface area contributed by atoms with Crippen LogP contribution in [0.15, 0.2) is 114 Å². The molecule has 4 aromatic carbocycles. The van der Waals surface area contributed by atoms with E-state index in [1.54, 1.807) is 0 Å². The van der Waals surface area contributed by atoms with Crippen molar-refractivity contribution < 1.29 is 4.99 Å². The Bertz CT molecular complexity index is 1170. The molecule has 4 rings (SSSR count). The molecule has 0 bridgehead atoms. The minimum Gasteiger partial charge on any atom is -0.277 e. The largest absolute Gasteiger partial charge is 0.323 e. The van der Waals surface area contributed by atoms with Crippen molar-refractivity contribution in [2.75, 3.05) is 16.0 Å². The summed E-state index contributed by atoms with van der Waals surface area (Å²) in [5.41, 5.74) is 6.09. The lowest BCUT2D eigenvalue weighted by atomic mass is 10.2. The third kappa shape index (κ3) is 6.80. The van der Waals surface area contributed by atoms with Gasteiger partial charge in [0.1, 0.15) is 5.69 Å². The van der Waals surface area contributed by atoms with E-state index in [-0.39, 0.29) is 0 Å². The van der Waals surface area contributed by atoms with Crippen LogP contribution in [0.2, 0.25) is 0 Å². The second-order valence-corrected chi connectivity index (χ2v) is 7.77. The first-order chi connectivity index (χ1) is 16.1. The molecule has 4 aromatic rings. The van der Waals surface area contributed by atoms with Crippen molar-refractivity contribution in [1.29, 1.82) is 0 Å². The lowest BCUT2D eigenvalue weighted by Gasteiger charge is -2.10. The smallest absolute Gasteiger partial charge is 0.277 e. The highest BCUT2D eigenvalue weighted by Crippen LogP contribution is 2.14. The van der Waals surface area contributed by atoms with Gasteiger partial charge in [-0.15, -0.1) is 4.99 Å². The van der Waals surface area contributed by atoms with Crippen LogP contribution in [0.3, 0.4) is 0 Å². The summed E-state index contributed by atoms with van der Waals surface area (Å²) in [6.07, 6.45) is 0. The minimum atomic E-state index is 0.588. The zero-order valence-electron chi connectivity index (χ0n) is 18.8. The van der Waals surface area contributed by atoms with Gasteiger partial charge in [0.2, 0.25) is 0 Å². The van der Waals surface area contributed by atoms with Crippen LogP contribution >= 0.6 is 0 Å². The van der Waals surface area contributed by atoms with Gasteiger partial charge in [-0.1, -0.05) is 71.8 Å². The summed E-state index contributed by atoms with van der Waals surface area (Å²) >= 11 is 0. The van der Waals surface area contributed by atoms with Gasteiger partial charge < -0.3 is 0 Å². The van der Waals surface area contributed by atoms with Crippen LogP contribution in [0, 0.1) is 13.8 Å². The second kappa shape index (κ2) is 10.8. The molecule has 0 aliphatic rings. The molecular formula is C28H28N5+. The Kier molecular flexibility index (Phi) is 7.13. The number of aryl methyl sites for hydroxylation is 2. The van der Waals surface area contributed by atoms with E-state index in [0.717, 1.165) is 22.7 Å². The summed E-state index contributed by atoms with van der Waals surface area (Å²) in [5.74, 6) is 1.27. The number of hydrogen-bond donors (Lipinski definition) is 4. The average molecular weight is 435 g/mol. The maximum atomic E-state index is 4.83. The summed E-state index contributed by atoms with van der Waals surface area (Å²) in [5, 5.41) is 10.3. The molecule has 0 aliphatic carbocycles. The van der Waals surface area contributed by atoms with E-state index in [1.165, 1.54) is 11.1 Å². The third-order valence-electron chi connectivity index (χ3n) is 4.92. The van der Waals surface area contributed by atoms with Gasteiger partial charge in [0, 0.05) is 0 Å². The molecule has 0 saturated heterocycles. The number of hydrogen-bond acceptors (Lipinski definition) is 1. The monoisotopic (exact) mass is 434 g/mol.